The van der Waals surface area contributed by atoms with Gasteiger partial charge in [-0.05, 0) is 37.1 Å². The lowest BCUT2D eigenvalue weighted by atomic mass is 10.1. The Hall–Kier alpha value is -1.45. The fourth-order valence-electron chi connectivity index (χ4n) is 2.83. The summed E-state index contributed by atoms with van der Waals surface area (Å²) in [5.74, 6) is 0.693. The maximum Gasteiger partial charge on any atom is 0.0705 e. The van der Waals surface area contributed by atoms with Gasteiger partial charge in [-0.3, -0.25) is 4.98 Å². The highest BCUT2D eigenvalue weighted by molar-refractivity contribution is 5.81. The van der Waals surface area contributed by atoms with Gasteiger partial charge in [0.15, 0.2) is 0 Å². The number of hydrogen-bond donors (Lipinski definition) is 0. The lowest BCUT2D eigenvalue weighted by Crippen LogP contribution is -2.25. The molecule has 2 aromatic rings. The second kappa shape index (κ2) is 5.68. The van der Waals surface area contributed by atoms with Crippen LogP contribution in [0.2, 0.25) is 0 Å². The third-order valence-electron chi connectivity index (χ3n) is 3.77. The van der Waals surface area contributed by atoms with Crippen LogP contribution in [0.5, 0.6) is 0 Å². The number of ether oxygens (including phenoxy) is 1. The van der Waals surface area contributed by atoms with Crippen LogP contribution in [-0.4, -0.2) is 36.7 Å². The highest BCUT2D eigenvalue weighted by Gasteiger charge is 2.17. The van der Waals surface area contributed by atoms with Crippen LogP contribution >= 0.6 is 0 Å². The van der Waals surface area contributed by atoms with Gasteiger partial charge in [0.25, 0.3) is 0 Å². The van der Waals surface area contributed by atoms with Crippen LogP contribution in [0.15, 0.2) is 36.5 Å². The summed E-state index contributed by atoms with van der Waals surface area (Å²) in [7, 11) is 2.19. The van der Waals surface area contributed by atoms with Gasteiger partial charge in [0.2, 0.25) is 0 Å². The Morgan fingerprint density at radius 2 is 2.26 bits per heavy atom. The number of pyridine rings is 1. The molecule has 0 saturated carbocycles. The van der Waals surface area contributed by atoms with Crippen LogP contribution in [0.3, 0.4) is 0 Å². The minimum atomic E-state index is 0.693. The van der Waals surface area contributed by atoms with Gasteiger partial charge >= 0.3 is 0 Å². The van der Waals surface area contributed by atoms with E-state index in [0.717, 1.165) is 31.8 Å². The zero-order chi connectivity index (χ0) is 13.1. The smallest absolute Gasteiger partial charge is 0.0705 e. The molecule has 100 valence electrons. The Morgan fingerprint density at radius 3 is 3.11 bits per heavy atom. The van der Waals surface area contributed by atoms with Crippen molar-refractivity contribution in [2.75, 3.05) is 26.8 Å². The Labute approximate surface area is 114 Å². The van der Waals surface area contributed by atoms with Crippen molar-refractivity contribution in [3.05, 3.63) is 42.1 Å². The minimum absolute atomic E-state index is 0.693. The first kappa shape index (κ1) is 12.6. The van der Waals surface area contributed by atoms with Gasteiger partial charge in [-0.1, -0.05) is 18.2 Å². The van der Waals surface area contributed by atoms with E-state index in [9.17, 15) is 0 Å². The Kier molecular flexibility index (Phi) is 3.76. The number of fused-ring (bicyclic) bond motifs is 1. The molecule has 1 aromatic heterocycles. The summed E-state index contributed by atoms with van der Waals surface area (Å²) in [5.41, 5.74) is 2.43. The Bertz CT molecular complexity index is 544. The number of rotatable bonds is 4. The molecule has 1 aliphatic heterocycles. The van der Waals surface area contributed by atoms with Gasteiger partial charge in [0.1, 0.15) is 0 Å². The first-order chi connectivity index (χ1) is 9.33. The van der Waals surface area contributed by atoms with Crippen molar-refractivity contribution in [3.63, 3.8) is 0 Å². The summed E-state index contributed by atoms with van der Waals surface area (Å²) in [4.78, 5) is 6.80. The van der Waals surface area contributed by atoms with Crippen LogP contribution in [-0.2, 0) is 11.3 Å². The molecule has 0 bridgehead atoms. The van der Waals surface area contributed by atoms with E-state index >= 15 is 0 Å². The molecule has 3 rings (SSSR count). The van der Waals surface area contributed by atoms with E-state index in [-0.39, 0.29) is 0 Å². The third kappa shape index (κ3) is 2.94. The largest absolute Gasteiger partial charge is 0.381 e. The summed E-state index contributed by atoms with van der Waals surface area (Å²) in [6.07, 6.45) is 3.05. The first-order valence-corrected chi connectivity index (χ1v) is 6.92. The second-order valence-electron chi connectivity index (χ2n) is 5.41. The standard InChI is InChI=1S/C16H20N2O/c1-18(10-13-7-9-19-12-13)11-14-4-2-6-16-15(14)5-3-8-17-16/h2-6,8,13H,7,9-12H2,1H3/t13-/m1/s1. The fraction of sp³-hybridized carbons (Fsp3) is 0.438. The monoisotopic (exact) mass is 256 g/mol. The molecule has 1 fully saturated rings. The van der Waals surface area contributed by atoms with Crippen molar-refractivity contribution in [2.45, 2.75) is 13.0 Å². The third-order valence-corrected chi connectivity index (χ3v) is 3.77. The Morgan fingerprint density at radius 1 is 1.32 bits per heavy atom. The molecule has 1 saturated heterocycles. The number of hydrogen-bond acceptors (Lipinski definition) is 3. The molecule has 2 heterocycles. The van der Waals surface area contributed by atoms with Gasteiger partial charge in [0, 0.05) is 31.3 Å². The number of nitrogens with zero attached hydrogens (tertiary/aromatic N) is 2. The number of aromatic nitrogens is 1. The van der Waals surface area contributed by atoms with E-state index in [0.29, 0.717) is 5.92 Å². The molecular weight excluding hydrogens is 236 g/mol. The zero-order valence-corrected chi connectivity index (χ0v) is 11.4. The lowest BCUT2D eigenvalue weighted by Gasteiger charge is -2.20. The summed E-state index contributed by atoms with van der Waals surface area (Å²) in [6.45, 7) is 3.92. The molecule has 19 heavy (non-hydrogen) atoms. The average molecular weight is 256 g/mol. The quantitative estimate of drug-likeness (QED) is 0.841. The van der Waals surface area contributed by atoms with Gasteiger partial charge in [-0.25, -0.2) is 0 Å². The van der Waals surface area contributed by atoms with E-state index in [1.54, 1.807) is 0 Å². The van der Waals surface area contributed by atoms with Gasteiger partial charge < -0.3 is 9.64 Å². The van der Waals surface area contributed by atoms with Crippen LogP contribution in [0.4, 0.5) is 0 Å². The van der Waals surface area contributed by atoms with E-state index in [1.165, 1.54) is 17.4 Å². The van der Waals surface area contributed by atoms with Crippen molar-refractivity contribution >= 4 is 10.9 Å². The summed E-state index contributed by atoms with van der Waals surface area (Å²) < 4.78 is 5.44. The maximum atomic E-state index is 5.44. The van der Waals surface area contributed by atoms with Crippen molar-refractivity contribution in [1.82, 2.24) is 9.88 Å². The highest BCUT2D eigenvalue weighted by atomic mass is 16.5. The molecule has 0 unspecified atom stereocenters. The van der Waals surface area contributed by atoms with Gasteiger partial charge in [-0.15, -0.1) is 0 Å². The normalized spacial score (nSPS) is 19.4. The molecule has 1 atom stereocenters. The van der Waals surface area contributed by atoms with E-state index < -0.39 is 0 Å². The molecule has 3 heteroatoms. The average Bonchev–Trinajstić information content (AvgIpc) is 2.92. The maximum absolute atomic E-state index is 5.44. The SMILES string of the molecule is CN(Cc1cccc2ncccc12)C[C@H]1CCOC1. The van der Waals surface area contributed by atoms with Crippen molar-refractivity contribution in [2.24, 2.45) is 5.92 Å². The van der Waals surface area contributed by atoms with Crippen LogP contribution in [0.1, 0.15) is 12.0 Å². The van der Waals surface area contributed by atoms with E-state index in [4.69, 9.17) is 4.74 Å². The van der Waals surface area contributed by atoms with Gasteiger partial charge in [-0.2, -0.15) is 0 Å². The van der Waals surface area contributed by atoms with Crippen LogP contribution in [0.25, 0.3) is 10.9 Å². The van der Waals surface area contributed by atoms with Crippen LogP contribution < -0.4 is 0 Å². The van der Waals surface area contributed by atoms with E-state index in [1.807, 2.05) is 12.3 Å². The molecular formula is C16H20N2O. The van der Waals surface area contributed by atoms with Crippen LogP contribution in [0, 0.1) is 5.92 Å². The van der Waals surface area contributed by atoms with Gasteiger partial charge in [0.05, 0.1) is 12.1 Å². The fourth-order valence-corrected chi connectivity index (χ4v) is 2.83. The first-order valence-electron chi connectivity index (χ1n) is 6.92. The summed E-state index contributed by atoms with van der Waals surface area (Å²) in [5, 5.41) is 1.26. The molecule has 0 N–H and O–H groups in total. The highest BCUT2D eigenvalue weighted by Crippen LogP contribution is 2.19. The number of benzene rings is 1. The van der Waals surface area contributed by atoms with E-state index in [2.05, 4.69) is 41.2 Å². The predicted molar refractivity (Wildman–Crippen MR) is 77.0 cm³/mol. The second-order valence-corrected chi connectivity index (χ2v) is 5.41. The summed E-state index contributed by atoms with van der Waals surface area (Å²) in [6, 6.07) is 10.5. The molecule has 0 amide bonds. The molecule has 0 spiro atoms. The zero-order valence-electron chi connectivity index (χ0n) is 11.4. The van der Waals surface area contributed by atoms with Crippen molar-refractivity contribution in [3.8, 4) is 0 Å². The lowest BCUT2D eigenvalue weighted by molar-refractivity contribution is 0.173. The topological polar surface area (TPSA) is 25.4 Å². The molecule has 1 aromatic carbocycles. The van der Waals surface area contributed by atoms with Crippen molar-refractivity contribution in [1.29, 1.82) is 0 Å². The summed E-state index contributed by atoms with van der Waals surface area (Å²) >= 11 is 0. The molecule has 0 aliphatic carbocycles. The Balaban J connectivity index is 1.73. The van der Waals surface area contributed by atoms with Crippen molar-refractivity contribution < 1.29 is 4.74 Å². The molecule has 1 aliphatic rings. The molecule has 3 nitrogen and oxygen atoms in total. The predicted octanol–water partition coefficient (Wildman–Crippen LogP) is 2.70. The minimum Gasteiger partial charge on any atom is -0.381 e. The molecule has 0 radical (unpaired) electrons.